The van der Waals surface area contributed by atoms with Crippen molar-refractivity contribution in [2.45, 2.75) is 31.7 Å². The maximum Gasteiger partial charge on any atom is 0.248 e. The zero-order valence-electron chi connectivity index (χ0n) is 15.8. The lowest BCUT2D eigenvalue weighted by Gasteiger charge is -2.17. The molecule has 1 heterocycles. The zero-order chi connectivity index (χ0) is 20.5. The van der Waals surface area contributed by atoms with Crippen LogP contribution < -0.4 is 15.6 Å². The van der Waals surface area contributed by atoms with Crippen molar-refractivity contribution in [3.05, 3.63) is 35.9 Å². The number of hydrogen-bond acceptors (Lipinski definition) is 7. The molecule has 9 nitrogen and oxygen atoms in total. The Kier molecular flexibility index (Phi) is 8.20. The number of para-hydroxylation sites is 1. The molecule has 152 valence electrons. The van der Waals surface area contributed by atoms with Gasteiger partial charge in [-0.25, -0.2) is 4.39 Å². The van der Waals surface area contributed by atoms with E-state index in [-0.39, 0.29) is 30.1 Å². The van der Waals surface area contributed by atoms with Gasteiger partial charge in [0.05, 0.1) is 18.4 Å². The Labute approximate surface area is 166 Å². The van der Waals surface area contributed by atoms with E-state index in [0.29, 0.717) is 17.6 Å². The summed E-state index contributed by atoms with van der Waals surface area (Å²) >= 11 is 1.15. The number of carbonyl (C=O) groups is 2. The molecule has 0 saturated heterocycles. The molecule has 2 N–H and O–H groups in total. The molecule has 28 heavy (non-hydrogen) atoms. The Morgan fingerprint density at radius 3 is 2.71 bits per heavy atom. The monoisotopic (exact) mass is 411 g/mol. The average Bonchev–Trinajstić information content (AvgIpc) is 3.07. The van der Waals surface area contributed by atoms with Gasteiger partial charge in [0.15, 0.2) is 22.5 Å². The van der Waals surface area contributed by atoms with E-state index < -0.39 is 11.7 Å². The van der Waals surface area contributed by atoms with Crippen LogP contribution in [0.3, 0.4) is 0 Å². The van der Waals surface area contributed by atoms with Crippen LogP contribution in [0.4, 0.5) is 4.39 Å². The first-order chi connectivity index (χ1) is 13.4. The van der Waals surface area contributed by atoms with E-state index in [1.807, 2.05) is 6.92 Å². The number of nitrogens with zero attached hydrogens (tertiary/aromatic N) is 3. The first kappa shape index (κ1) is 21.6. The van der Waals surface area contributed by atoms with Crippen molar-refractivity contribution >= 4 is 23.6 Å². The summed E-state index contributed by atoms with van der Waals surface area (Å²) < 4.78 is 26.2. The quantitative estimate of drug-likeness (QED) is 0.475. The second-order valence-corrected chi connectivity index (χ2v) is 6.75. The van der Waals surface area contributed by atoms with Crippen LogP contribution in [0.25, 0.3) is 0 Å². The minimum absolute atomic E-state index is 0.000631. The van der Waals surface area contributed by atoms with Crippen LogP contribution in [0.15, 0.2) is 29.4 Å². The molecule has 2 rings (SSSR count). The third-order valence-electron chi connectivity index (χ3n) is 3.49. The van der Waals surface area contributed by atoms with Gasteiger partial charge in [-0.15, -0.1) is 10.2 Å². The molecule has 0 fully saturated rings. The molecule has 1 atom stereocenters. The molecule has 0 unspecified atom stereocenters. The molecule has 11 heteroatoms. The number of halogens is 1. The predicted molar refractivity (Wildman–Crippen MR) is 100 cm³/mol. The lowest BCUT2D eigenvalue weighted by Crippen LogP contribution is -2.41. The van der Waals surface area contributed by atoms with E-state index in [4.69, 9.17) is 9.47 Å². The number of benzene rings is 1. The molecule has 0 aliphatic rings. The van der Waals surface area contributed by atoms with Crippen LogP contribution in [0, 0.1) is 5.82 Å². The molecule has 2 amide bonds. The smallest absolute Gasteiger partial charge is 0.248 e. The minimum Gasteiger partial charge on any atom is -0.483 e. The highest BCUT2D eigenvalue weighted by atomic mass is 32.2. The molecule has 0 saturated carbocycles. The maximum absolute atomic E-state index is 13.8. The van der Waals surface area contributed by atoms with E-state index in [0.717, 1.165) is 11.8 Å². The third-order valence-corrected chi connectivity index (χ3v) is 4.43. The topological polar surface area (TPSA) is 107 Å². The Hall–Kier alpha value is -2.66. The van der Waals surface area contributed by atoms with Gasteiger partial charge in [0.25, 0.3) is 0 Å². The van der Waals surface area contributed by atoms with Crippen LogP contribution >= 0.6 is 11.8 Å². The SMILES string of the molecule is COC[C@H](C)n1c(COc2ccccc2F)nnc1SCC(=O)NNC(C)=O. The number of nitrogens with one attached hydrogen (secondary N) is 2. The number of hydrazine groups is 1. The molecule has 0 spiro atoms. The van der Waals surface area contributed by atoms with Crippen molar-refractivity contribution in [2.24, 2.45) is 0 Å². The average molecular weight is 411 g/mol. The van der Waals surface area contributed by atoms with E-state index in [1.54, 1.807) is 23.8 Å². The van der Waals surface area contributed by atoms with Gasteiger partial charge < -0.3 is 9.47 Å². The Morgan fingerprint density at radius 1 is 1.29 bits per heavy atom. The molecule has 2 aromatic rings. The second kappa shape index (κ2) is 10.6. The van der Waals surface area contributed by atoms with Crippen molar-refractivity contribution in [3.8, 4) is 5.75 Å². The summed E-state index contributed by atoms with van der Waals surface area (Å²) in [4.78, 5) is 22.6. The fourth-order valence-electron chi connectivity index (χ4n) is 2.29. The predicted octanol–water partition coefficient (Wildman–Crippen LogP) is 1.46. The summed E-state index contributed by atoms with van der Waals surface area (Å²) in [6, 6.07) is 5.94. The largest absolute Gasteiger partial charge is 0.483 e. The number of rotatable bonds is 9. The standard InChI is InChI=1S/C17H22FN5O4S/c1-11(8-26-3)23-15(9-27-14-7-5-4-6-13(14)18)20-22-17(23)28-10-16(25)21-19-12(2)24/h4-7,11H,8-10H2,1-3H3,(H,19,24)(H,21,25)/t11-/m0/s1. The van der Waals surface area contributed by atoms with E-state index in [1.165, 1.54) is 19.1 Å². The van der Waals surface area contributed by atoms with Gasteiger partial charge in [-0.3, -0.25) is 25.0 Å². The molecular weight excluding hydrogens is 389 g/mol. The van der Waals surface area contributed by atoms with Gasteiger partial charge in [0.2, 0.25) is 11.8 Å². The molecule has 0 radical (unpaired) electrons. The van der Waals surface area contributed by atoms with Gasteiger partial charge >= 0.3 is 0 Å². The Bertz CT molecular complexity index is 817. The van der Waals surface area contributed by atoms with Crippen molar-refractivity contribution in [1.82, 2.24) is 25.6 Å². The Morgan fingerprint density at radius 2 is 2.04 bits per heavy atom. The lowest BCUT2D eigenvalue weighted by molar-refractivity contribution is -0.126. The van der Waals surface area contributed by atoms with Gasteiger partial charge in [-0.1, -0.05) is 23.9 Å². The number of methoxy groups -OCH3 is 1. The molecule has 0 bridgehead atoms. The van der Waals surface area contributed by atoms with Crippen molar-refractivity contribution < 1.29 is 23.5 Å². The van der Waals surface area contributed by atoms with Crippen LogP contribution in [0.1, 0.15) is 25.7 Å². The highest BCUT2D eigenvalue weighted by Gasteiger charge is 2.20. The fourth-order valence-corrected chi connectivity index (χ4v) is 3.15. The zero-order valence-corrected chi connectivity index (χ0v) is 16.6. The van der Waals surface area contributed by atoms with Gasteiger partial charge in [0.1, 0.15) is 6.61 Å². The third kappa shape index (κ3) is 6.20. The summed E-state index contributed by atoms with van der Waals surface area (Å²) in [5.41, 5.74) is 4.50. The summed E-state index contributed by atoms with van der Waals surface area (Å²) in [5.74, 6) is -0.631. The number of hydrogen-bond donors (Lipinski definition) is 2. The highest BCUT2D eigenvalue weighted by Crippen LogP contribution is 2.23. The molecular formula is C17H22FN5O4S. The number of carbonyl (C=O) groups excluding carboxylic acids is 2. The minimum atomic E-state index is -0.470. The first-order valence-electron chi connectivity index (χ1n) is 8.40. The van der Waals surface area contributed by atoms with Crippen molar-refractivity contribution in [2.75, 3.05) is 19.5 Å². The summed E-state index contributed by atoms with van der Waals surface area (Å²) in [7, 11) is 1.57. The Balaban J connectivity index is 2.09. The van der Waals surface area contributed by atoms with E-state index in [9.17, 15) is 14.0 Å². The van der Waals surface area contributed by atoms with E-state index >= 15 is 0 Å². The van der Waals surface area contributed by atoms with Crippen LogP contribution in [-0.2, 0) is 20.9 Å². The maximum atomic E-state index is 13.8. The fraction of sp³-hybridized carbons (Fsp3) is 0.412. The van der Waals surface area contributed by atoms with Gasteiger partial charge in [0, 0.05) is 14.0 Å². The number of amides is 2. The summed E-state index contributed by atoms with van der Waals surface area (Å²) in [6.45, 7) is 3.58. The number of aromatic nitrogens is 3. The first-order valence-corrected chi connectivity index (χ1v) is 9.39. The molecule has 1 aromatic carbocycles. The summed E-state index contributed by atoms with van der Waals surface area (Å²) in [5, 5.41) is 8.69. The van der Waals surface area contributed by atoms with Crippen LogP contribution in [0.2, 0.25) is 0 Å². The molecule has 0 aliphatic carbocycles. The van der Waals surface area contributed by atoms with Crippen molar-refractivity contribution in [1.29, 1.82) is 0 Å². The van der Waals surface area contributed by atoms with Crippen molar-refractivity contribution in [3.63, 3.8) is 0 Å². The molecule has 0 aliphatic heterocycles. The van der Waals surface area contributed by atoms with Gasteiger partial charge in [-0.2, -0.15) is 0 Å². The summed E-state index contributed by atoms with van der Waals surface area (Å²) in [6.07, 6.45) is 0. The number of thioether (sulfide) groups is 1. The molecule has 1 aromatic heterocycles. The lowest BCUT2D eigenvalue weighted by atomic mass is 10.3. The van der Waals surface area contributed by atoms with Crippen LogP contribution in [-0.4, -0.2) is 46.0 Å². The normalized spacial score (nSPS) is 11.7. The van der Waals surface area contributed by atoms with Crippen LogP contribution in [0.5, 0.6) is 5.75 Å². The second-order valence-electron chi connectivity index (χ2n) is 5.81. The van der Waals surface area contributed by atoms with E-state index in [2.05, 4.69) is 21.0 Å². The number of ether oxygens (including phenoxy) is 2. The highest BCUT2D eigenvalue weighted by molar-refractivity contribution is 7.99. The van der Waals surface area contributed by atoms with Gasteiger partial charge in [-0.05, 0) is 19.1 Å².